The van der Waals surface area contributed by atoms with Gasteiger partial charge in [-0.1, -0.05) is 36.4 Å². The van der Waals surface area contributed by atoms with E-state index in [-0.39, 0.29) is 11.5 Å². The predicted octanol–water partition coefficient (Wildman–Crippen LogP) is 4.71. The maximum absolute atomic E-state index is 13.2. The van der Waals surface area contributed by atoms with E-state index in [1.165, 1.54) is 6.26 Å². The van der Waals surface area contributed by atoms with Gasteiger partial charge >= 0.3 is 7.12 Å². The number of imidazole rings is 1. The molecule has 1 saturated heterocycles. The summed E-state index contributed by atoms with van der Waals surface area (Å²) >= 11 is 0. The molecule has 2 heterocycles. The molecule has 1 aromatic heterocycles. The highest BCUT2D eigenvalue weighted by atomic mass is 32.2. The first-order valence-electron chi connectivity index (χ1n) is 14.8. The van der Waals surface area contributed by atoms with Crippen LogP contribution < -0.4 is 10.2 Å². The van der Waals surface area contributed by atoms with E-state index in [1.807, 2.05) is 36.7 Å². The molecule has 226 valence electrons. The van der Waals surface area contributed by atoms with Crippen LogP contribution in [0.5, 0.6) is 5.75 Å². The summed E-state index contributed by atoms with van der Waals surface area (Å²) in [5.41, 5.74) is 1.93. The van der Waals surface area contributed by atoms with Crippen LogP contribution in [-0.4, -0.2) is 60.0 Å². The van der Waals surface area contributed by atoms with E-state index in [0.29, 0.717) is 13.0 Å². The lowest BCUT2D eigenvalue weighted by atomic mass is 9.75. The van der Waals surface area contributed by atoms with Crippen molar-refractivity contribution in [1.82, 2.24) is 13.9 Å². The van der Waals surface area contributed by atoms with Crippen molar-refractivity contribution >= 4 is 22.6 Å². The first-order chi connectivity index (χ1) is 19.8. The van der Waals surface area contributed by atoms with Gasteiger partial charge in [0.2, 0.25) is 10.0 Å². The molecule has 10 heteroatoms. The van der Waals surface area contributed by atoms with E-state index in [2.05, 4.69) is 63.5 Å². The van der Waals surface area contributed by atoms with Crippen molar-refractivity contribution in [3.8, 4) is 5.75 Å². The standard InChI is InChI=1S/C32H44BN3O5S/c1-8-35-19-18-34-29(35)32(21-25-10-9-11-26(20-25)33-40-30(2,3)31(4,5)41-33)17-16-27(22-32)36(42(7,37)38)23-24-12-14-28(39-6)15-13-24/h9-15,18-20,27H,8,16-17,21-23H2,1-7H3/t27-,32+/m0/s1. The zero-order valence-electron chi connectivity index (χ0n) is 26.0. The van der Waals surface area contributed by atoms with Crippen molar-refractivity contribution in [3.63, 3.8) is 0 Å². The van der Waals surface area contributed by atoms with Crippen molar-refractivity contribution in [2.75, 3.05) is 13.4 Å². The van der Waals surface area contributed by atoms with Crippen LogP contribution in [-0.2, 0) is 44.3 Å². The minimum Gasteiger partial charge on any atom is -0.497 e. The molecule has 0 amide bonds. The van der Waals surface area contributed by atoms with Crippen LogP contribution in [0, 0.1) is 0 Å². The predicted molar refractivity (Wildman–Crippen MR) is 166 cm³/mol. The zero-order valence-corrected chi connectivity index (χ0v) is 26.8. The number of nitrogens with zero attached hydrogens (tertiary/aromatic N) is 3. The Kier molecular flexibility index (Phi) is 8.39. The summed E-state index contributed by atoms with van der Waals surface area (Å²) in [4.78, 5) is 4.87. The maximum atomic E-state index is 13.2. The SMILES string of the molecule is CCn1ccnc1[C@@]1(Cc2cccc(B3OC(C)(C)C(C)(C)O3)c2)CC[C@H](N(Cc2ccc(OC)cc2)S(C)(=O)=O)C1. The molecule has 1 aliphatic heterocycles. The van der Waals surface area contributed by atoms with Crippen molar-refractivity contribution in [2.45, 2.75) is 96.1 Å². The summed E-state index contributed by atoms with van der Waals surface area (Å²) < 4.78 is 48.2. The molecule has 5 rings (SSSR count). The molecule has 0 bridgehead atoms. The van der Waals surface area contributed by atoms with E-state index in [0.717, 1.165) is 54.0 Å². The third-order valence-electron chi connectivity index (χ3n) is 9.46. The second kappa shape index (κ2) is 11.4. The Balaban J connectivity index is 1.45. The van der Waals surface area contributed by atoms with E-state index in [1.54, 1.807) is 11.4 Å². The smallest absolute Gasteiger partial charge is 0.494 e. The molecule has 3 aromatic rings. The molecule has 2 aliphatic rings. The Labute approximate surface area is 251 Å². The summed E-state index contributed by atoms with van der Waals surface area (Å²) in [7, 11) is -2.28. The second-order valence-electron chi connectivity index (χ2n) is 12.9. The number of hydrogen-bond donors (Lipinski definition) is 0. The number of aryl methyl sites for hydroxylation is 1. The molecule has 0 unspecified atom stereocenters. The molecule has 0 spiro atoms. The molecule has 1 aliphatic carbocycles. The van der Waals surface area contributed by atoms with Crippen LogP contribution in [0.3, 0.4) is 0 Å². The van der Waals surface area contributed by atoms with Gasteiger partial charge in [-0.3, -0.25) is 0 Å². The lowest BCUT2D eigenvalue weighted by molar-refractivity contribution is 0.00578. The van der Waals surface area contributed by atoms with Crippen LogP contribution >= 0.6 is 0 Å². The van der Waals surface area contributed by atoms with Crippen LogP contribution in [0.2, 0.25) is 0 Å². The third kappa shape index (κ3) is 6.04. The van der Waals surface area contributed by atoms with Crippen LogP contribution in [0.15, 0.2) is 60.9 Å². The van der Waals surface area contributed by atoms with Crippen molar-refractivity contribution in [1.29, 1.82) is 0 Å². The van der Waals surface area contributed by atoms with Crippen LogP contribution in [0.25, 0.3) is 0 Å². The van der Waals surface area contributed by atoms with E-state index < -0.39 is 28.3 Å². The van der Waals surface area contributed by atoms with Crippen LogP contribution in [0.1, 0.15) is 70.8 Å². The number of sulfonamides is 1. The number of hydrogen-bond acceptors (Lipinski definition) is 6. The summed E-state index contributed by atoms with van der Waals surface area (Å²) in [6.07, 6.45) is 8.23. The lowest BCUT2D eigenvalue weighted by Gasteiger charge is -2.32. The Morgan fingerprint density at radius 2 is 1.76 bits per heavy atom. The lowest BCUT2D eigenvalue weighted by Crippen LogP contribution is -2.41. The first-order valence-corrected chi connectivity index (χ1v) is 16.7. The van der Waals surface area contributed by atoms with E-state index in [4.69, 9.17) is 19.0 Å². The average Bonchev–Trinajstić information content (AvgIpc) is 3.63. The van der Waals surface area contributed by atoms with Gasteiger partial charge in [0.1, 0.15) is 11.6 Å². The normalized spacial score (nSPS) is 23.5. The van der Waals surface area contributed by atoms with Gasteiger partial charge in [0.15, 0.2) is 0 Å². The molecule has 2 fully saturated rings. The molecular weight excluding hydrogens is 549 g/mol. The van der Waals surface area contributed by atoms with Gasteiger partial charge in [-0.25, -0.2) is 13.4 Å². The fourth-order valence-electron chi connectivity index (χ4n) is 6.46. The second-order valence-corrected chi connectivity index (χ2v) is 14.8. The molecule has 42 heavy (non-hydrogen) atoms. The van der Waals surface area contributed by atoms with Gasteiger partial charge in [0.25, 0.3) is 0 Å². The zero-order chi connectivity index (χ0) is 30.3. The highest BCUT2D eigenvalue weighted by Crippen LogP contribution is 2.46. The molecular formula is C32H44BN3O5S. The van der Waals surface area contributed by atoms with Gasteiger partial charge in [-0.2, -0.15) is 4.31 Å². The topological polar surface area (TPSA) is 82.9 Å². The highest BCUT2D eigenvalue weighted by Gasteiger charge is 2.52. The Hall–Kier alpha value is -2.66. The summed E-state index contributed by atoms with van der Waals surface area (Å²) in [6, 6.07) is 15.9. The quantitative estimate of drug-likeness (QED) is 0.317. The minimum absolute atomic E-state index is 0.143. The highest BCUT2D eigenvalue weighted by molar-refractivity contribution is 7.88. The molecule has 0 N–H and O–H groups in total. The van der Waals surface area contributed by atoms with E-state index >= 15 is 0 Å². The Morgan fingerprint density at radius 3 is 2.38 bits per heavy atom. The van der Waals surface area contributed by atoms with Crippen molar-refractivity contribution < 1.29 is 22.5 Å². The number of methoxy groups -OCH3 is 1. The Bertz CT molecular complexity index is 1490. The number of benzene rings is 2. The fourth-order valence-corrected chi connectivity index (χ4v) is 7.57. The van der Waals surface area contributed by atoms with Crippen LogP contribution in [0.4, 0.5) is 0 Å². The third-order valence-corrected chi connectivity index (χ3v) is 10.7. The largest absolute Gasteiger partial charge is 0.497 e. The minimum atomic E-state index is -3.47. The maximum Gasteiger partial charge on any atom is 0.494 e. The van der Waals surface area contributed by atoms with Crippen molar-refractivity contribution in [2.24, 2.45) is 0 Å². The Morgan fingerprint density at radius 1 is 1.07 bits per heavy atom. The molecule has 1 saturated carbocycles. The van der Waals surface area contributed by atoms with Gasteiger partial charge in [-0.15, -0.1) is 0 Å². The van der Waals surface area contributed by atoms with Gasteiger partial charge in [0.05, 0.1) is 24.6 Å². The molecule has 8 nitrogen and oxygen atoms in total. The molecule has 2 aromatic carbocycles. The summed E-state index contributed by atoms with van der Waals surface area (Å²) in [5, 5.41) is 0. The summed E-state index contributed by atoms with van der Waals surface area (Å²) in [5.74, 6) is 1.77. The van der Waals surface area contributed by atoms with Gasteiger partial charge in [0, 0.05) is 36.9 Å². The van der Waals surface area contributed by atoms with Crippen molar-refractivity contribution in [3.05, 3.63) is 77.9 Å². The first kappa shape index (κ1) is 30.8. The van der Waals surface area contributed by atoms with E-state index in [9.17, 15) is 8.42 Å². The monoisotopic (exact) mass is 593 g/mol. The fraction of sp³-hybridized carbons (Fsp3) is 0.531. The molecule has 0 radical (unpaired) electrons. The van der Waals surface area contributed by atoms with Gasteiger partial charge < -0.3 is 18.6 Å². The average molecular weight is 594 g/mol. The number of rotatable bonds is 10. The van der Waals surface area contributed by atoms with Gasteiger partial charge in [-0.05, 0) is 89.0 Å². The number of ether oxygens (including phenoxy) is 1. The summed E-state index contributed by atoms with van der Waals surface area (Å²) in [6.45, 7) is 11.5. The number of aromatic nitrogens is 2. The molecule has 2 atom stereocenters.